The smallest absolute Gasteiger partial charge is 0.0929 e. The highest BCUT2D eigenvalue weighted by atomic mass is 14.1. The molecule has 0 aromatic carbocycles. The molecule has 0 radical (unpaired) electrons. The number of hydrogen-bond donors (Lipinski definition) is 0. The van der Waals surface area contributed by atoms with Crippen LogP contribution in [0.2, 0.25) is 0 Å². The number of rotatable bonds is 0. The van der Waals surface area contributed by atoms with Gasteiger partial charge in [-0.15, -0.1) is 17.7 Å². The molecule has 0 amide bonds. The normalized spacial score (nSPS) is 12.7. The molecule has 3 rings (SSSR count). The maximum atomic E-state index is 3.11. The lowest BCUT2D eigenvalue weighted by molar-refractivity contribution is 1.63. The highest BCUT2D eigenvalue weighted by Gasteiger charge is 1.98. The van der Waals surface area contributed by atoms with Gasteiger partial charge in [-0.05, 0) is 0 Å². The second-order valence-electron chi connectivity index (χ2n) is 2.98. The Hall–Kier alpha value is -1.65. The quantitative estimate of drug-likeness (QED) is 0.341. The summed E-state index contributed by atoms with van der Waals surface area (Å²) in [5.41, 5.74) is 8.21. The minimum atomic E-state index is 1.27. The van der Waals surface area contributed by atoms with Crippen molar-refractivity contribution in [1.82, 2.24) is 0 Å². The second-order valence-corrected chi connectivity index (χ2v) is 2.98. The van der Waals surface area contributed by atoms with Gasteiger partial charge in [-0.1, -0.05) is 11.6 Å². The largest absolute Gasteiger partial charge is 0.250 e. The third-order valence-corrected chi connectivity index (χ3v) is 2.29. The fraction of sp³-hybridized carbons (Fsp3) is 0. The van der Waals surface area contributed by atoms with Gasteiger partial charge in [0.15, 0.2) is 0 Å². The first-order valence-electron chi connectivity index (χ1n) is 3.97. The summed E-state index contributed by atoms with van der Waals surface area (Å²) in [6, 6.07) is 11.4. The molecule has 0 bridgehead atoms. The molecule has 0 saturated carbocycles. The van der Waals surface area contributed by atoms with Crippen LogP contribution in [0.4, 0.5) is 0 Å². The summed E-state index contributed by atoms with van der Waals surface area (Å²) in [6.45, 7) is 0. The zero-order valence-corrected chi connectivity index (χ0v) is 6.46. The van der Waals surface area contributed by atoms with Crippen molar-refractivity contribution in [2.75, 3.05) is 0 Å². The maximum Gasteiger partial charge on any atom is -0.0929 e. The van der Waals surface area contributed by atoms with Crippen molar-refractivity contribution in [2.24, 2.45) is 0 Å². The predicted molar refractivity (Wildman–Crippen MR) is 49.9 cm³/mol. The van der Waals surface area contributed by atoms with Crippen LogP contribution in [-0.4, -0.2) is 0 Å². The molecule has 3 aliphatic rings. The molecular weight excluding hydrogens is 144 g/mol. The molecular formula is C12H6-2. The monoisotopic (exact) mass is 150 g/mol. The van der Waals surface area contributed by atoms with E-state index < -0.39 is 0 Å². The Morgan fingerprint density at radius 1 is 1.33 bits per heavy atom. The summed E-state index contributed by atoms with van der Waals surface area (Å²) < 4.78 is 0. The van der Waals surface area contributed by atoms with Crippen LogP contribution in [0.25, 0.3) is 23.3 Å². The van der Waals surface area contributed by atoms with Crippen molar-refractivity contribution in [2.45, 2.75) is 0 Å². The van der Waals surface area contributed by atoms with Crippen LogP contribution in [0.3, 0.4) is 0 Å². The van der Waals surface area contributed by atoms with Gasteiger partial charge in [-0.3, -0.25) is 0 Å². The van der Waals surface area contributed by atoms with E-state index in [0.717, 1.165) is 0 Å². The molecule has 0 saturated heterocycles. The minimum absolute atomic E-state index is 1.27. The van der Waals surface area contributed by atoms with Gasteiger partial charge in [0.05, 0.1) is 0 Å². The van der Waals surface area contributed by atoms with Crippen LogP contribution in [0.15, 0.2) is 30.0 Å². The molecule has 3 aliphatic carbocycles. The van der Waals surface area contributed by atoms with E-state index in [9.17, 15) is 0 Å². The topological polar surface area (TPSA) is 0 Å². The van der Waals surface area contributed by atoms with Crippen LogP contribution in [0.5, 0.6) is 0 Å². The number of benzene rings is 1. The zero-order chi connectivity index (χ0) is 7.97. The van der Waals surface area contributed by atoms with Crippen LogP contribution in [0.1, 0.15) is 11.1 Å². The lowest BCUT2D eigenvalue weighted by atomic mass is 9.99. The standard InChI is InChI=1S/C12H6/c1-3-9-7-8-10-4-2-6-12(10)11(9)5-1/h3-8H/q-2. The fourth-order valence-corrected chi connectivity index (χ4v) is 1.67. The molecule has 0 aromatic heterocycles. The van der Waals surface area contributed by atoms with Gasteiger partial charge < -0.3 is 0 Å². The van der Waals surface area contributed by atoms with Crippen LogP contribution < -0.4 is 0 Å². The lowest BCUT2D eigenvalue weighted by Gasteiger charge is -2.16. The molecule has 0 heteroatoms. The van der Waals surface area contributed by atoms with Gasteiger partial charge in [0.1, 0.15) is 0 Å². The Kier molecular flexibility index (Phi) is 0.957. The van der Waals surface area contributed by atoms with Crippen molar-refractivity contribution >= 4 is 12.2 Å². The molecule has 0 atom stereocenters. The zero-order valence-electron chi connectivity index (χ0n) is 6.46. The van der Waals surface area contributed by atoms with Gasteiger partial charge in [-0.25, -0.2) is 5.73 Å². The first-order chi connectivity index (χ1) is 5.95. The van der Waals surface area contributed by atoms with Crippen LogP contribution in [0, 0.1) is 6.07 Å². The third kappa shape index (κ3) is 0.603. The summed E-state index contributed by atoms with van der Waals surface area (Å²) in [5, 5.41) is 0. The molecule has 12 heavy (non-hydrogen) atoms. The minimum Gasteiger partial charge on any atom is -0.250 e. The van der Waals surface area contributed by atoms with Crippen molar-refractivity contribution in [3.8, 4) is 11.1 Å². The van der Waals surface area contributed by atoms with Gasteiger partial charge >= 0.3 is 0 Å². The van der Waals surface area contributed by atoms with E-state index in [1.807, 2.05) is 24.3 Å². The van der Waals surface area contributed by atoms with Crippen molar-refractivity contribution < 1.29 is 0 Å². The Labute approximate surface area is 71.2 Å². The Morgan fingerprint density at radius 3 is 3.33 bits per heavy atom. The Morgan fingerprint density at radius 2 is 2.33 bits per heavy atom. The molecule has 0 aliphatic heterocycles. The van der Waals surface area contributed by atoms with E-state index in [1.165, 1.54) is 22.3 Å². The van der Waals surface area contributed by atoms with Crippen LogP contribution in [-0.2, 0) is 0 Å². The van der Waals surface area contributed by atoms with E-state index in [4.69, 9.17) is 0 Å². The molecule has 0 N–H and O–H groups in total. The average molecular weight is 150 g/mol. The summed E-state index contributed by atoms with van der Waals surface area (Å²) in [5.74, 6) is 0. The number of fused-ring (bicyclic) bond motifs is 3. The molecule has 0 nitrogen and oxygen atoms in total. The highest BCUT2D eigenvalue weighted by molar-refractivity contribution is 5.86. The van der Waals surface area contributed by atoms with E-state index in [0.29, 0.717) is 0 Å². The van der Waals surface area contributed by atoms with Gasteiger partial charge in [0.2, 0.25) is 0 Å². The SMILES string of the molecule is C1=Cc2c3c[c-]cc-3cc[c-]2C=1. The fourth-order valence-electron chi connectivity index (χ4n) is 1.67. The first kappa shape index (κ1) is 5.93. The Bertz CT molecular complexity index is 465. The average Bonchev–Trinajstić information content (AvgIpc) is 2.71. The van der Waals surface area contributed by atoms with E-state index >= 15 is 0 Å². The maximum absolute atomic E-state index is 3.11. The van der Waals surface area contributed by atoms with Gasteiger partial charge in [0.25, 0.3) is 0 Å². The molecule has 0 fully saturated rings. The lowest BCUT2D eigenvalue weighted by Crippen LogP contribution is -1.82. The van der Waals surface area contributed by atoms with Crippen molar-refractivity contribution in [3.05, 3.63) is 47.2 Å². The summed E-state index contributed by atoms with van der Waals surface area (Å²) in [4.78, 5) is 0. The predicted octanol–water partition coefficient (Wildman–Crippen LogP) is 2.95. The molecule has 0 unspecified atom stereocenters. The van der Waals surface area contributed by atoms with E-state index in [2.05, 4.69) is 23.9 Å². The molecule has 0 spiro atoms. The van der Waals surface area contributed by atoms with Crippen LogP contribution >= 0.6 is 0 Å². The second kappa shape index (κ2) is 1.94. The van der Waals surface area contributed by atoms with Gasteiger partial charge in [-0.2, -0.15) is 35.4 Å². The molecule has 56 valence electrons. The molecule has 0 aromatic rings. The van der Waals surface area contributed by atoms with Gasteiger partial charge in [0, 0.05) is 0 Å². The van der Waals surface area contributed by atoms with Crippen molar-refractivity contribution in [1.29, 1.82) is 0 Å². The summed E-state index contributed by atoms with van der Waals surface area (Å²) >= 11 is 0. The summed E-state index contributed by atoms with van der Waals surface area (Å²) in [6.07, 6.45) is 4.05. The van der Waals surface area contributed by atoms with E-state index in [-0.39, 0.29) is 0 Å². The first-order valence-corrected chi connectivity index (χ1v) is 3.97. The third-order valence-electron chi connectivity index (χ3n) is 2.29. The summed E-state index contributed by atoms with van der Waals surface area (Å²) in [7, 11) is 0. The number of hydrogen-bond acceptors (Lipinski definition) is 0. The highest BCUT2D eigenvalue weighted by Crippen LogP contribution is 2.32. The van der Waals surface area contributed by atoms with Crippen molar-refractivity contribution in [3.63, 3.8) is 0 Å². The molecule has 0 heterocycles. The van der Waals surface area contributed by atoms with E-state index in [1.54, 1.807) is 0 Å². The Balaban J connectivity index is 2.47.